The zero-order valence-corrected chi connectivity index (χ0v) is 12.7. The quantitative estimate of drug-likeness (QED) is 0.670. The van der Waals surface area contributed by atoms with Crippen molar-refractivity contribution >= 4 is 23.3 Å². The van der Waals surface area contributed by atoms with Crippen LogP contribution in [0.15, 0.2) is 66.7 Å². The van der Waals surface area contributed by atoms with Crippen LogP contribution in [0.4, 0.5) is 5.69 Å². The van der Waals surface area contributed by atoms with Crippen molar-refractivity contribution < 1.29 is 9.90 Å². The van der Waals surface area contributed by atoms with Gasteiger partial charge in [-0.2, -0.15) is 0 Å². The first-order valence-corrected chi connectivity index (χ1v) is 7.02. The molecule has 0 spiro atoms. The summed E-state index contributed by atoms with van der Waals surface area (Å²) in [5.41, 5.74) is 2.66. The van der Waals surface area contributed by atoms with Gasteiger partial charge in [0.25, 0.3) is 0 Å². The lowest BCUT2D eigenvalue weighted by Gasteiger charge is -2.11. The van der Waals surface area contributed by atoms with Crippen molar-refractivity contribution in [1.29, 1.82) is 0 Å². The Morgan fingerprint density at radius 1 is 1.00 bits per heavy atom. The van der Waals surface area contributed by atoms with Gasteiger partial charge < -0.3 is 10.0 Å². The van der Waals surface area contributed by atoms with Crippen LogP contribution in [0.25, 0.3) is 11.8 Å². The number of allylic oxidation sites excluding steroid dienone is 2. The molecule has 22 heavy (non-hydrogen) atoms. The molecule has 0 aliphatic rings. The Labute approximate surface area is 130 Å². The van der Waals surface area contributed by atoms with E-state index >= 15 is 0 Å². The van der Waals surface area contributed by atoms with Gasteiger partial charge in [0.1, 0.15) is 5.76 Å². The van der Waals surface area contributed by atoms with E-state index in [1.54, 1.807) is 18.2 Å². The minimum atomic E-state index is -0.252. The van der Waals surface area contributed by atoms with Crippen LogP contribution in [-0.4, -0.2) is 25.0 Å². The smallest absolute Gasteiger partial charge is 0.182 e. The molecule has 1 N–H and O–H groups in total. The molecule has 0 unspecified atom stereocenters. The Morgan fingerprint density at radius 2 is 1.64 bits per heavy atom. The third-order valence-electron chi connectivity index (χ3n) is 3.20. The van der Waals surface area contributed by atoms with E-state index in [1.165, 1.54) is 12.2 Å². The lowest BCUT2D eigenvalue weighted by molar-refractivity contribution is -0.110. The Bertz CT molecular complexity index is 683. The molecule has 3 heteroatoms. The lowest BCUT2D eigenvalue weighted by Crippen LogP contribution is -2.07. The molecule has 0 aliphatic heterocycles. The van der Waals surface area contributed by atoms with Gasteiger partial charge in [0.15, 0.2) is 5.78 Å². The predicted molar refractivity (Wildman–Crippen MR) is 91.9 cm³/mol. The summed E-state index contributed by atoms with van der Waals surface area (Å²) in [5.74, 6) is -0.281. The number of nitrogens with zero attached hydrogens (tertiary/aromatic N) is 1. The number of carbonyl (C=O) groups is 1. The molecule has 0 radical (unpaired) electrons. The van der Waals surface area contributed by atoms with Crippen molar-refractivity contribution in [3.8, 4) is 0 Å². The molecule has 0 heterocycles. The molecule has 112 valence electrons. The average molecular weight is 293 g/mol. The normalized spacial score (nSPS) is 11.6. The molecular formula is C19H19NO2. The highest BCUT2D eigenvalue weighted by Gasteiger charge is 2.00. The zero-order chi connectivity index (χ0) is 15.9. The highest BCUT2D eigenvalue weighted by molar-refractivity contribution is 6.05. The second kappa shape index (κ2) is 7.27. The summed E-state index contributed by atoms with van der Waals surface area (Å²) < 4.78 is 0. The van der Waals surface area contributed by atoms with Crippen LogP contribution >= 0.6 is 0 Å². The van der Waals surface area contributed by atoms with Crippen molar-refractivity contribution in [2.75, 3.05) is 19.0 Å². The number of benzene rings is 2. The molecular weight excluding hydrogens is 274 g/mol. The summed E-state index contributed by atoms with van der Waals surface area (Å²) in [6.45, 7) is 0. The van der Waals surface area contributed by atoms with Crippen molar-refractivity contribution in [3.63, 3.8) is 0 Å². The zero-order valence-electron chi connectivity index (χ0n) is 12.7. The first kappa shape index (κ1) is 15.6. The van der Waals surface area contributed by atoms with Crippen molar-refractivity contribution in [1.82, 2.24) is 0 Å². The molecule has 3 nitrogen and oxygen atoms in total. The maximum Gasteiger partial charge on any atom is 0.182 e. The van der Waals surface area contributed by atoms with Gasteiger partial charge in [-0.1, -0.05) is 48.5 Å². The lowest BCUT2D eigenvalue weighted by atomic mass is 10.1. The second-order valence-electron chi connectivity index (χ2n) is 5.12. The minimum Gasteiger partial charge on any atom is -0.507 e. The van der Waals surface area contributed by atoms with E-state index in [-0.39, 0.29) is 11.5 Å². The molecule has 0 bridgehead atoms. The summed E-state index contributed by atoms with van der Waals surface area (Å²) in [4.78, 5) is 13.9. The molecule has 0 fully saturated rings. The van der Waals surface area contributed by atoms with E-state index in [9.17, 15) is 9.90 Å². The topological polar surface area (TPSA) is 40.5 Å². The third kappa shape index (κ3) is 4.35. The number of rotatable bonds is 5. The van der Waals surface area contributed by atoms with Crippen LogP contribution < -0.4 is 4.90 Å². The fourth-order valence-corrected chi connectivity index (χ4v) is 1.94. The number of hydrogen-bond donors (Lipinski definition) is 1. The number of anilines is 1. The Balaban J connectivity index is 2.05. The SMILES string of the molecule is CN(C)c1ccc(C=CC(=O)C=C(O)c2ccccc2)cc1. The van der Waals surface area contributed by atoms with E-state index in [0.29, 0.717) is 5.56 Å². The van der Waals surface area contributed by atoms with E-state index < -0.39 is 0 Å². The standard InChI is InChI=1S/C19H19NO2/c1-20(2)17-11-8-15(9-12-17)10-13-18(21)14-19(22)16-6-4-3-5-7-16/h3-14,22H,1-2H3. The second-order valence-corrected chi connectivity index (χ2v) is 5.12. The molecule has 0 aliphatic carbocycles. The Kier molecular flexibility index (Phi) is 5.15. The molecule has 0 amide bonds. The monoisotopic (exact) mass is 293 g/mol. The highest BCUT2D eigenvalue weighted by atomic mass is 16.3. The van der Waals surface area contributed by atoms with Gasteiger partial charge in [0, 0.05) is 31.4 Å². The van der Waals surface area contributed by atoms with E-state index in [4.69, 9.17) is 0 Å². The number of carbonyl (C=O) groups excluding carboxylic acids is 1. The van der Waals surface area contributed by atoms with Crippen molar-refractivity contribution in [3.05, 3.63) is 77.9 Å². The number of aliphatic hydroxyl groups excluding tert-OH is 1. The van der Waals surface area contributed by atoms with E-state index in [2.05, 4.69) is 0 Å². The summed E-state index contributed by atoms with van der Waals surface area (Å²) in [6, 6.07) is 16.8. The van der Waals surface area contributed by atoms with Crippen LogP contribution in [-0.2, 0) is 4.79 Å². The predicted octanol–water partition coefficient (Wildman–Crippen LogP) is 3.93. The van der Waals surface area contributed by atoms with Gasteiger partial charge in [-0.05, 0) is 23.8 Å². The van der Waals surface area contributed by atoms with Gasteiger partial charge in [-0.15, -0.1) is 0 Å². The molecule has 2 rings (SSSR count). The Hall–Kier alpha value is -2.81. The fraction of sp³-hybridized carbons (Fsp3) is 0.105. The fourth-order valence-electron chi connectivity index (χ4n) is 1.94. The summed E-state index contributed by atoms with van der Waals surface area (Å²) in [6.07, 6.45) is 4.40. The third-order valence-corrected chi connectivity index (χ3v) is 3.20. The van der Waals surface area contributed by atoms with E-state index in [0.717, 1.165) is 11.3 Å². The van der Waals surface area contributed by atoms with E-state index in [1.807, 2.05) is 61.5 Å². The van der Waals surface area contributed by atoms with Crippen molar-refractivity contribution in [2.45, 2.75) is 0 Å². The molecule has 0 aromatic heterocycles. The van der Waals surface area contributed by atoms with Gasteiger partial charge >= 0.3 is 0 Å². The van der Waals surface area contributed by atoms with Crippen LogP contribution in [0.1, 0.15) is 11.1 Å². The van der Waals surface area contributed by atoms with Gasteiger partial charge in [0.2, 0.25) is 0 Å². The van der Waals surface area contributed by atoms with Gasteiger partial charge in [0.05, 0.1) is 0 Å². The number of aliphatic hydroxyl groups is 1. The molecule has 2 aromatic carbocycles. The molecule has 2 aromatic rings. The summed E-state index contributed by atoms with van der Waals surface area (Å²) >= 11 is 0. The van der Waals surface area contributed by atoms with Crippen LogP contribution in [0, 0.1) is 0 Å². The molecule has 0 atom stereocenters. The van der Waals surface area contributed by atoms with Crippen molar-refractivity contribution in [2.24, 2.45) is 0 Å². The van der Waals surface area contributed by atoms with Crippen LogP contribution in [0.5, 0.6) is 0 Å². The number of hydrogen-bond acceptors (Lipinski definition) is 3. The maximum absolute atomic E-state index is 11.8. The van der Waals surface area contributed by atoms with Crippen LogP contribution in [0.2, 0.25) is 0 Å². The van der Waals surface area contributed by atoms with Gasteiger partial charge in [-0.25, -0.2) is 0 Å². The van der Waals surface area contributed by atoms with Crippen LogP contribution in [0.3, 0.4) is 0 Å². The maximum atomic E-state index is 11.8. The first-order chi connectivity index (χ1) is 10.6. The molecule has 0 saturated carbocycles. The number of ketones is 1. The highest BCUT2D eigenvalue weighted by Crippen LogP contribution is 2.14. The largest absolute Gasteiger partial charge is 0.507 e. The minimum absolute atomic E-state index is 0.0294. The van der Waals surface area contributed by atoms with Gasteiger partial charge in [-0.3, -0.25) is 4.79 Å². The average Bonchev–Trinajstić information content (AvgIpc) is 2.54. The first-order valence-electron chi connectivity index (χ1n) is 7.02. The summed E-state index contributed by atoms with van der Waals surface area (Å²) in [7, 11) is 3.96. The Morgan fingerprint density at radius 3 is 2.23 bits per heavy atom. The molecule has 0 saturated heterocycles. The summed E-state index contributed by atoms with van der Waals surface area (Å²) in [5, 5.41) is 9.89.